The zero-order valence-electron chi connectivity index (χ0n) is 39.8. The van der Waals surface area contributed by atoms with E-state index in [1.165, 1.54) is 11.3 Å². The van der Waals surface area contributed by atoms with Crippen LogP contribution in [0.4, 0.5) is 28.1 Å². The number of piperazine rings is 1. The van der Waals surface area contributed by atoms with Gasteiger partial charge in [-0.3, -0.25) is 24.1 Å². The molecule has 0 unspecified atom stereocenters. The maximum absolute atomic E-state index is 13.7. The minimum Gasteiger partial charge on any atom is -0.495 e. The molecule has 2 N–H and O–H groups in total. The van der Waals surface area contributed by atoms with Crippen molar-refractivity contribution in [2.75, 3.05) is 93.0 Å². The number of carbonyl (C=O) groups excluding carboxylic acids is 4. The van der Waals surface area contributed by atoms with E-state index in [9.17, 15) is 19.2 Å². The number of hydrogen-bond acceptors (Lipinski definition) is 12. The van der Waals surface area contributed by atoms with Gasteiger partial charge in [0.15, 0.2) is 5.13 Å². The number of para-hydroxylation sites is 1. The van der Waals surface area contributed by atoms with Crippen molar-refractivity contribution in [1.82, 2.24) is 29.7 Å². The Kier molecular flexibility index (Phi) is 16.0. The van der Waals surface area contributed by atoms with Gasteiger partial charge in [-0.15, -0.1) is 0 Å². The molecule has 0 radical (unpaired) electrons. The van der Waals surface area contributed by atoms with Gasteiger partial charge >= 0.3 is 0 Å². The Balaban J connectivity index is 0.688. The Hall–Kier alpha value is -5.58. The topological polar surface area (TPSA) is 156 Å². The summed E-state index contributed by atoms with van der Waals surface area (Å²) >= 11 is 7.56. The average Bonchev–Trinajstić information content (AvgIpc) is 3.81. The molecule has 1 spiro atoms. The summed E-state index contributed by atoms with van der Waals surface area (Å²) in [4.78, 5) is 77.5. The standard InChI is InChI=1S/C51H65ClN10O5S/c1-35-16-22-62(46(64)31-35)40-32-38(14-15-41(40)67-4)49(66)61-25-19-51(20-26-61)17-23-60(24-18-51)45(63)13-8-6-5-7-9-21-58-27-29-59(30-28-58)44-33-43(54-37(3)55-44)56-50-53-34-42(68-50)48(65)57-47-36(2)11-10-12-39(47)52/h10-12,14-15,32-34H,1,5-9,13,16-31H2,2-4H3,(H,57,65)(H,53,54,55,56). The Morgan fingerprint density at radius 3 is 2.31 bits per heavy atom. The van der Waals surface area contributed by atoms with Crippen LogP contribution >= 0.6 is 22.9 Å². The summed E-state index contributed by atoms with van der Waals surface area (Å²) in [7, 11) is 1.59. The normalized spacial score (nSPS) is 17.7. The lowest BCUT2D eigenvalue weighted by molar-refractivity contribution is -0.134. The molecule has 6 heterocycles. The fourth-order valence-electron chi connectivity index (χ4n) is 9.97. The van der Waals surface area contributed by atoms with Crippen LogP contribution < -0.4 is 25.2 Å². The van der Waals surface area contributed by atoms with Crippen LogP contribution in [-0.4, -0.2) is 126 Å². The average molecular weight is 966 g/mol. The highest BCUT2D eigenvalue weighted by Crippen LogP contribution is 2.42. The lowest BCUT2D eigenvalue weighted by Gasteiger charge is -2.47. The molecule has 4 saturated heterocycles. The molecule has 4 aliphatic heterocycles. The van der Waals surface area contributed by atoms with E-state index in [4.69, 9.17) is 21.3 Å². The zero-order chi connectivity index (χ0) is 47.8. The molecule has 4 aromatic rings. The number of methoxy groups -OCH3 is 1. The van der Waals surface area contributed by atoms with Crippen LogP contribution in [0, 0.1) is 19.3 Å². The summed E-state index contributed by atoms with van der Waals surface area (Å²) in [5.41, 5.74) is 3.80. The summed E-state index contributed by atoms with van der Waals surface area (Å²) < 4.78 is 5.57. The van der Waals surface area contributed by atoms with Crippen LogP contribution in [0.3, 0.4) is 0 Å². The van der Waals surface area contributed by atoms with Crippen LogP contribution in [0.15, 0.2) is 60.8 Å². The summed E-state index contributed by atoms with van der Waals surface area (Å²) in [5, 5.41) is 7.23. The van der Waals surface area contributed by atoms with Crippen LogP contribution in [0.2, 0.25) is 5.02 Å². The van der Waals surface area contributed by atoms with Crippen molar-refractivity contribution in [3.8, 4) is 5.75 Å². The first-order valence-corrected chi connectivity index (χ1v) is 25.4. The van der Waals surface area contributed by atoms with Crippen LogP contribution in [0.25, 0.3) is 0 Å². The SMILES string of the molecule is C=C1CCN(c2cc(C(=O)N3CCC4(CCN(C(=O)CCCCCCCN5CCN(c6cc(Nc7ncc(C(=O)Nc8c(C)cccc8Cl)s7)nc(C)n6)CC5)CC4)CC3)ccc2OC)C(=O)C1. The number of piperidine rings is 3. The smallest absolute Gasteiger partial charge is 0.267 e. The predicted molar refractivity (Wildman–Crippen MR) is 270 cm³/mol. The third-order valence-corrected chi connectivity index (χ3v) is 15.4. The zero-order valence-corrected chi connectivity index (χ0v) is 41.4. The quantitative estimate of drug-likeness (QED) is 0.0817. The first-order valence-electron chi connectivity index (χ1n) is 24.2. The van der Waals surface area contributed by atoms with Crippen LogP contribution in [0.5, 0.6) is 5.75 Å². The van der Waals surface area contributed by atoms with E-state index in [-0.39, 0.29) is 29.0 Å². The third-order valence-electron chi connectivity index (χ3n) is 14.2. The summed E-state index contributed by atoms with van der Waals surface area (Å²) in [6, 6.07) is 12.8. The number of unbranched alkanes of at least 4 members (excludes halogenated alkanes) is 4. The van der Waals surface area contributed by atoms with E-state index in [0.717, 1.165) is 127 Å². The fraction of sp³-hybridized carbons (Fsp3) is 0.510. The number of aryl methyl sites for hydroxylation is 2. The molecule has 8 rings (SSSR count). The van der Waals surface area contributed by atoms with E-state index in [0.29, 0.717) is 81.8 Å². The molecule has 0 aliphatic carbocycles. The lowest BCUT2D eigenvalue weighted by Crippen LogP contribution is -2.49. The maximum Gasteiger partial charge on any atom is 0.267 e. The molecule has 0 bridgehead atoms. The van der Waals surface area contributed by atoms with Crippen molar-refractivity contribution in [1.29, 1.82) is 0 Å². The number of benzene rings is 2. The van der Waals surface area contributed by atoms with Crippen molar-refractivity contribution in [3.05, 3.63) is 87.7 Å². The monoisotopic (exact) mass is 964 g/mol. The van der Waals surface area contributed by atoms with Crippen molar-refractivity contribution in [3.63, 3.8) is 0 Å². The first-order chi connectivity index (χ1) is 32.9. The van der Waals surface area contributed by atoms with Gasteiger partial charge in [0.25, 0.3) is 11.8 Å². The van der Waals surface area contributed by atoms with Crippen molar-refractivity contribution < 1.29 is 23.9 Å². The Bertz CT molecular complexity index is 2450. The van der Waals surface area contributed by atoms with Gasteiger partial charge in [-0.25, -0.2) is 15.0 Å². The van der Waals surface area contributed by atoms with Crippen molar-refractivity contribution in [2.45, 2.75) is 90.9 Å². The minimum absolute atomic E-state index is 0.0119. The van der Waals surface area contributed by atoms with Gasteiger partial charge in [0.2, 0.25) is 11.8 Å². The second-order valence-electron chi connectivity index (χ2n) is 18.8. The fourth-order valence-corrected chi connectivity index (χ4v) is 11.0. The van der Waals surface area contributed by atoms with Crippen molar-refractivity contribution in [2.24, 2.45) is 5.41 Å². The van der Waals surface area contributed by atoms with E-state index >= 15 is 0 Å². The van der Waals surface area contributed by atoms with Crippen molar-refractivity contribution >= 4 is 74.7 Å². The molecule has 0 saturated carbocycles. The van der Waals surface area contributed by atoms with Gasteiger partial charge < -0.3 is 35.0 Å². The third kappa shape index (κ3) is 12.0. The molecule has 2 aromatic carbocycles. The van der Waals surface area contributed by atoms with Crippen LogP contribution in [0.1, 0.15) is 108 Å². The number of anilines is 5. The summed E-state index contributed by atoms with van der Waals surface area (Å²) in [6.07, 6.45) is 12.5. The number of halogens is 1. The molecular weight excluding hydrogens is 900 g/mol. The maximum atomic E-state index is 13.7. The molecule has 68 heavy (non-hydrogen) atoms. The lowest BCUT2D eigenvalue weighted by atomic mass is 9.71. The summed E-state index contributed by atoms with van der Waals surface area (Å²) in [5.74, 6) is 2.73. The molecule has 4 aliphatic rings. The Morgan fingerprint density at radius 1 is 0.868 bits per heavy atom. The number of amides is 4. The highest BCUT2D eigenvalue weighted by atomic mass is 35.5. The Morgan fingerprint density at radius 2 is 1.59 bits per heavy atom. The molecule has 4 amide bonds. The summed E-state index contributed by atoms with van der Waals surface area (Å²) in [6.45, 7) is 16.0. The number of carbonyl (C=O) groups is 4. The van der Waals surface area contributed by atoms with Gasteiger partial charge in [-0.05, 0) is 101 Å². The number of rotatable bonds is 16. The first kappa shape index (κ1) is 48.9. The van der Waals surface area contributed by atoms with Crippen LogP contribution in [-0.2, 0) is 9.59 Å². The number of ether oxygens (including phenoxy) is 1. The van der Waals surface area contributed by atoms with Gasteiger partial charge in [0, 0.05) is 83.4 Å². The molecule has 15 nitrogen and oxygen atoms in total. The number of nitrogens with zero attached hydrogens (tertiary/aromatic N) is 8. The largest absolute Gasteiger partial charge is 0.495 e. The van der Waals surface area contributed by atoms with E-state index in [1.807, 2.05) is 43.0 Å². The van der Waals surface area contributed by atoms with E-state index < -0.39 is 0 Å². The second kappa shape index (κ2) is 22.2. The number of likely N-dealkylation sites (tertiary alicyclic amines) is 2. The van der Waals surface area contributed by atoms with E-state index in [2.05, 4.69) is 41.9 Å². The van der Waals surface area contributed by atoms with E-state index in [1.54, 1.807) is 36.4 Å². The van der Waals surface area contributed by atoms with Gasteiger partial charge in [-0.1, -0.05) is 66.5 Å². The molecule has 0 atom stereocenters. The molecule has 362 valence electrons. The number of thiazole rings is 1. The molecular formula is C51H65ClN10O5S. The number of aromatic nitrogens is 3. The van der Waals surface area contributed by atoms with Gasteiger partial charge in [-0.2, -0.15) is 0 Å². The van der Waals surface area contributed by atoms with Gasteiger partial charge in [0.05, 0.1) is 29.7 Å². The second-order valence-corrected chi connectivity index (χ2v) is 20.3. The highest BCUT2D eigenvalue weighted by molar-refractivity contribution is 7.17. The minimum atomic E-state index is -0.270. The number of nitrogens with one attached hydrogen (secondary N) is 2. The van der Waals surface area contributed by atoms with Gasteiger partial charge in [0.1, 0.15) is 28.1 Å². The predicted octanol–water partition coefficient (Wildman–Crippen LogP) is 8.90. The Labute approximate surface area is 409 Å². The molecule has 17 heteroatoms. The molecule has 2 aromatic heterocycles. The number of hydrogen-bond donors (Lipinski definition) is 2. The highest BCUT2D eigenvalue weighted by Gasteiger charge is 2.40. The molecule has 4 fully saturated rings.